The maximum absolute atomic E-state index is 10.7. The average Bonchev–Trinajstić information content (AvgIpc) is 1.86. The molecule has 0 fully saturated rings. The Bertz CT molecular complexity index is 267. The molecule has 0 atom stereocenters. The SMILES string of the molecule is O=C1Cc2cnccc21. The summed E-state index contributed by atoms with van der Waals surface area (Å²) in [7, 11) is 0. The molecule has 0 spiro atoms. The molecule has 1 heterocycles. The second-order valence-corrected chi connectivity index (χ2v) is 2.13. The van der Waals surface area contributed by atoms with E-state index in [0.717, 1.165) is 11.1 Å². The molecular weight excluding hydrogens is 114 g/mol. The van der Waals surface area contributed by atoms with Crippen LogP contribution >= 0.6 is 0 Å². The summed E-state index contributed by atoms with van der Waals surface area (Å²) in [5, 5.41) is 0. The van der Waals surface area contributed by atoms with Crippen LogP contribution < -0.4 is 0 Å². The van der Waals surface area contributed by atoms with Crippen LogP contribution in [0.25, 0.3) is 0 Å². The van der Waals surface area contributed by atoms with Gasteiger partial charge in [0.05, 0.1) is 0 Å². The largest absolute Gasteiger partial charge is 0.294 e. The highest BCUT2D eigenvalue weighted by Crippen LogP contribution is 2.19. The Balaban J connectivity index is 2.63. The van der Waals surface area contributed by atoms with Gasteiger partial charge < -0.3 is 0 Å². The van der Waals surface area contributed by atoms with Gasteiger partial charge in [0.25, 0.3) is 0 Å². The number of ketones is 1. The summed E-state index contributed by atoms with van der Waals surface area (Å²) >= 11 is 0. The average molecular weight is 119 g/mol. The van der Waals surface area contributed by atoms with Crippen molar-refractivity contribution in [2.24, 2.45) is 0 Å². The zero-order valence-corrected chi connectivity index (χ0v) is 4.79. The molecule has 0 saturated heterocycles. The van der Waals surface area contributed by atoms with Gasteiger partial charge >= 0.3 is 0 Å². The van der Waals surface area contributed by atoms with Crippen molar-refractivity contribution < 1.29 is 4.79 Å². The minimum absolute atomic E-state index is 0.243. The lowest BCUT2D eigenvalue weighted by molar-refractivity contribution is 0.0967. The number of nitrogens with zero attached hydrogens (tertiary/aromatic N) is 1. The van der Waals surface area contributed by atoms with Crippen molar-refractivity contribution in [2.75, 3.05) is 0 Å². The Morgan fingerprint density at radius 2 is 2.44 bits per heavy atom. The number of hydrogen-bond acceptors (Lipinski definition) is 2. The summed E-state index contributed by atoms with van der Waals surface area (Å²) in [4.78, 5) is 14.6. The second kappa shape index (κ2) is 1.41. The highest BCUT2D eigenvalue weighted by atomic mass is 16.1. The fourth-order valence-corrected chi connectivity index (χ4v) is 1.00. The van der Waals surface area contributed by atoms with Gasteiger partial charge in [-0.15, -0.1) is 0 Å². The lowest BCUT2D eigenvalue weighted by Gasteiger charge is -2.14. The standard InChI is InChI=1S/C7H5NO/c9-7-3-5-4-8-2-1-6(5)7/h1-2,4H,3H2. The Morgan fingerprint density at radius 3 is 3.00 bits per heavy atom. The Kier molecular flexibility index (Phi) is 0.730. The zero-order chi connectivity index (χ0) is 6.27. The topological polar surface area (TPSA) is 30.0 Å². The van der Waals surface area contributed by atoms with Gasteiger partial charge in [0.2, 0.25) is 0 Å². The predicted octanol–water partition coefficient (Wildman–Crippen LogP) is 0.820. The highest BCUT2D eigenvalue weighted by Gasteiger charge is 2.21. The zero-order valence-electron chi connectivity index (χ0n) is 4.79. The fourth-order valence-electron chi connectivity index (χ4n) is 1.00. The van der Waals surface area contributed by atoms with Crippen molar-refractivity contribution in [3.63, 3.8) is 0 Å². The van der Waals surface area contributed by atoms with Crippen molar-refractivity contribution in [2.45, 2.75) is 6.42 Å². The molecule has 0 saturated carbocycles. The molecule has 0 bridgehead atoms. The first-order valence-electron chi connectivity index (χ1n) is 2.84. The molecule has 44 valence electrons. The van der Waals surface area contributed by atoms with Gasteiger partial charge in [-0.05, 0) is 11.6 Å². The quantitative estimate of drug-likeness (QED) is 0.506. The van der Waals surface area contributed by atoms with Gasteiger partial charge in [-0.2, -0.15) is 0 Å². The molecule has 1 aromatic heterocycles. The van der Waals surface area contributed by atoms with Crippen LogP contribution in [0.2, 0.25) is 0 Å². The molecule has 0 aromatic carbocycles. The summed E-state index contributed by atoms with van der Waals surface area (Å²) in [6, 6.07) is 1.77. The van der Waals surface area contributed by atoms with Crippen LogP contribution in [-0.2, 0) is 6.42 Å². The molecule has 2 nitrogen and oxygen atoms in total. The number of carbonyl (C=O) groups excluding carboxylic acids is 1. The number of hydrogen-bond donors (Lipinski definition) is 0. The van der Waals surface area contributed by atoms with Crippen LogP contribution in [0.15, 0.2) is 18.5 Å². The van der Waals surface area contributed by atoms with E-state index in [1.165, 1.54) is 0 Å². The lowest BCUT2D eigenvalue weighted by atomic mass is 9.89. The highest BCUT2D eigenvalue weighted by molar-refractivity contribution is 6.06. The molecule has 2 rings (SSSR count). The van der Waals surface area contributed by atoms with Gasteiger partial charge in [0, 0.05) is 24.4 Å². The van der Waals surface area contributed by atoms with Crippen molar-refractivity contribution in [3.05, 3.63) is 29.6 Å². The lowest BCUT2D eigenvalue weighted by Crippen LogP contribution is -2.18. The Morgan fingerprint density at radius 1 is 1.56 bits per heavy atom. The first-order chi connectivity index (χ1) is 4.38. The summed E-state index contributed by atoms with van der Waals surface area (Å²) in [5.74, 6) is 0.243. The molecule has 1 aliphatic rings. The van der Waals surface area contributed by atoms with Gasteiger partial charge in [-0.25, -0.2) is 0 Å². The normalized spacial score (nSPS) is 14.4. The van der Waals surface area contributed by atoms with Crippen molar-refractivity contribution in [1.29, 1.82) is 0 Å². The predicted molar refractivity (Wildman–Crippen MR) is 32.3 cm³/mol. The minimum atomic E-state index is 0.243. The number of Topliss-reactive ketones (excluding diaryl/α,β-unsaturated/α-hetero) is 1. The first kappa shape index (κ1) is 4.68. The van der Waals surface area contributed by atoms with Crippen LogP contribution in [-0.4, -0.2) is 10.8 Å². The third-order valence-corrected chi connectivity index (χ3v) is 1.56. The van der Waals surface area contributed by atoms with Crippen molar-refractivity contribution in [3.8, 4) is 0 Å². The summed E-state index contributed by atoms with van der Waals surface area (Å²) in [6.45, 7) is 0. The third kappa shape index (κ3) is 0.499. The van der Waals surface area contributed by atoms with E-state index in [1.54, 1.807) is 18.5 Å². The maximum atomic E-state index is 10.7. The molecular formula is C7H5NO. The van der Waals surface area contributed by atoms with Crippen molar-refractivity contribution >= 4 is 5.78 Å². The van der Waals surface area contributed by atoms with E-state index in [1.807, 2.05) is 0 Å². The summed E-state index contributed by atoms with van der Waals surface area (Å²) in [6.07, 6.45) is 3.98. The van der Waals surface area contributed by atoms with Gasteiger partial charge in [-0.1, -0.05) is 0 Å². The Hall–Kier alpha value is -1.18. The van der Waals surface area contributed by atoms with Crippen LogP contribution in [0, 0.1) is 0 Å². The van der Waals surface area contributed by atoms with E-state index in [4.69, 9.17) is 0 Å². The molecule has 0 unspecified atom stereocenters. The summed E-state index contributed by atoms with van der Waals surface area (Å²) in [5.41, 5.74) is 1.94. The molecule has 0 N–H and O–H groups in total. The number of fused-ring (bicyclic) bond motifs is 1. The van der Waals surface area contributed by atoms with E-state index in [2.05, 4.69) is 4.98 Å². The van der Waals surface area contributed by atoms with Gasteiger partial charge in [0.1, 0.15) is 0 Å². The van der Waals surface area contributed by atoms with Crippen LogP contribution in [0.5, 0.6) is 0 Å². The minimum Gasteiger partial charge on any atom is -0.294 e. The van der Waals surface area contributed by atoms with Crippen molar-refractivity contribution in [1.82, 2.24) is 4.98 Å². The molecule has 1 aromatic rings. The number of carbonyl (C=O) groups is 1. The maximum Gasteiger partial charge on any atom is 0.167 e. The number of rotatable bonds is 0. The van der Waals surface area contributed by atoms with Gasteiger partial charge in [-0.3, -0.25) is 9.78 Å². The van der Waals surface area contributed by atoms with E-state index in [0.29, 0.717) is 6.42 Å². The molecule has 1 aliphatic carbocycles. The fraction of sp³-hybridized carbons (Fsp3) is 0.143. The molecule has 0 aliphatic heterocycles. The smallest absolute Gasteiger partial charge is 0.167 e. The van der Waals surface area contributed by atoms with Crippen LogP contribution in [0.1, 0.15) is 15.9 Å². The van der Waals surface area contributed by atoms with Crippen LogP contribution in [0.4, 0.5) is 0 Å². The Labute approximate surface area is 52.5 Å². The van der Waals surface area contributed by atoms with E-state index in [-0.39, 0.29) is 5.78 Å². The van der Waals surface area contributed by atoms with Gasteiger partial charge in [0.15, 0.2) is 5.78 Å². The van der Waals surface area contributed by atoms with E-state index < -0.39 is 0 Å². The third-order valence-electron chi connectivity index (χ3n) is 1.56. The summed E-state index contributed by atoms with van der Waals surface area (Å²) < 4.78 is 0. The number of aromatic nitrogens is 1. The second-order valence-electron chi connectivity index (χ2n) is 2.13. The van der Waals surface area contributed by atoms with E-state index >= 15 is 0 Å². The molecule has 9 heavy (non-hydrogen) atoms. The molecule has 0 radical (unpaired) electrons. The van der Waals surface area contributed by atoms with Crippen LogP contribution in [0.3, 0.4) is 0 Å². The monoisotopic (exact) mass is 119 g/mol. The molecule has 0 amide bonds. The first-order valence-corrected chi connectivity index (χ1v) is 2.84. The molecule has 2 heteroatoms. The number of pyridine rings is 1. The van der Waals surface area contributed by atoms with E-state index in [9.17, 15) is 4.79 Å².